The minimum Gasteiger partial charge on any atom is -0.342 e. The largest absolute Gasteiger partial charge is 0.342 e. The van der Waals surface area contributed by atoms with Crippen molar-refractivity contribution in [2.75, 3.05) is 13.6 Å². The highest BCUT2D eigenvalue weighted by Crippen LogP contribution is 2.28. The maximum atomic E-state index is 12.4. The van der Waals surface area contributed by atoms with Crippen LogP contribution in [-0.4, -0.2) is 30.4 Å². The molecule has 1 saturated carbocycles. The summed E-state index contributed by atoms with van der Waals surface area (Å²) in [6, 6.07) is 0.455. The molecule has 1 fully saturated rings. The standard InChI is InChI=1S/C14H28N2O/c1-14(2,3)9-11(10-15)13(17)16(4)12-7-5-6-8-12/h11-12H,5-10,15H2,1-4H3. The van der Waals surface area contributed by atoms with Gasteiger partial charge in [-0.2, -0.15) is 0 Å². The third-order valence-corrected chi connectivity index (χ3v) is 3.71. The van der Waals surface area contributed by atoms with Gasteiger partial charge in [-0.05, 0) is 24.7 Å². The first-order valence-corrected chi connectivity index (χ1v) is 6.82. The molecule has 0 aromatic carbocycles. The van der Waals surface area contributed by atoms with Crippen molar-refractivity contribution in [3.05, 3.63) is 0 Å². The molecule has 1 aliphatic carbocycles. The number of carbonyl (C=O) groups is 1. The lowest BCUT2D eigenvalue weighted by molar-refractivity contribution is -0.136. The number of hydrogen-bond donors (Lipinski definition) is 1. The fourth-order valence-electron chi connectivity index (χ4n) is 2.77. The highest BCUT2D eigenvalue weighted by Gasteiger charge is 2.30. The Hall–Kier alpha value is -0.570. The second-order valence-electron chi connectivity index (χ2n) is 6.58. The highest BCUT2D eigenvalue weighted by molar-refractivity contribution is 5.79. The number of rotatable bonds is 4. The third kappa shape index (κ3) is 4.30. The topological polar surface area (TPSA) is 46.3 Å². The van der Waals surface area contributed by atoms with E-state index in [1.165, 1.54) is 12.8 Å². The molecule has 1 rings (SSSR count). The summed E-state index contributed by atoms with van der Waals surface area (Å²) in [6.07, 6.45) is 5.72. The van der Waals surface area contributed by atoms with Crippen molar-refractivity contribution in [2.24, 2.45) is 17.1 Å². The molecule has 0 saturated heterocycles. The number of amides is 1. The molecule has 1 aliphatic rings. The van der Waals surface area contributed by atoms with Crippen molar-refractivity contribution < 1.29 is 4.79 Å². The van der Waals surface area contributed by atoms with Crippen molar-refractivity contribution in [1.29, 1.82) is 0 Å². The molecule has 100 valence electrons. The number of carbonyl (C=O) groups excluding carboxylic acids is 1. The molecule has 0 aromatic rings. The van der Waals surface area contributed by atoms with Crippen molar-refractivity contribution >= 4 is 5.91 Å². The lowest BCUT2D eigenvalue weighted by atomic mass is 9.84. The maximum Gasteiger partial charge on any atom is 0.226 e. The molecule has 3 nitrogen and oxygen atoms in total. The van der Waals surface area contributed by atoms with Crippen LogP contribution in [0, 0.1) is 11.3 Å². The van der Waals surface area contributed by atoms with Gasteiger partial charge < -0.3 is 10.6 Å². The first kappa shape index (κ1) is 14.5. The minimum atomic E-state index is -0.0133. The van der Waals surface area contributed by atoms with E-state index in [0.29, 0.717) is 12.6 Å². The Morgan fingerprint density at radius 1 is 1.35 bits per heavy atom. The zero-order valence-corrected chi connectivity index (χ0v) is 11.8. The minimum absolute atomic E-state index is 0.0133. The number of hydrogen-bond acceptors (Lipinski definition) is 2. The summed E-state index contributed by atoms with van der Waals surface area (Å²) in [5.41, 5.74) is 5.93. The van der Waals surface area contributed by atoms with Crippen LogP contribution < -0.4 is 5.73 Å². The lowest BCUT2D eigenvalue weighted by Gasteiger charge is -2.31. The highest BCUT2D eigenvalue weighted by atomic mass is 16.2. The third-order valence-electron chi connectivity index (χ3n) is 3.71. The molecule has 0 radical (unpaired) electrons. The predicted octanol–water partition coefficient (Wildman–Crippen LogP) is 2.40. The van der Waals surface area contributed by atoms with E-state index >= 15 is 0 Å². The van der Waals surface area contributed by atoms with Gasteiger partial charge in [0, 0.05) is 19.6 Å². The Morgan fingerprint density at radius 3 is 2.29 bits per heavy atom. The molecule has 1 unspecified atom stereocenters. The molecular weight excluding hydrogens is 212 g/mol. The van der Waals surface area contributed by atoms with Crippen LogP contribution in [0.4, 0.5) is 0 Å². The predicted molar refractivity (Wildman–Crippen MR) is 71.6 cm³/mol. The lowest BCUT2D eigenvalue weighted by Crippen LogP contribution is -2.42. The van der Waals surface area contributed by atoms with E-state index in [1.807, 2.05) is 11.9 Å². The fraction of sp³-hybridized carbons (Fsp3) is 0.929. The van der Waals surface area contributed by atoms with Crippen molar-refractivity contribution in [2.45, 2.75) is 58.9 Å². The monoisotopic (exact) mass is 240 g/mol. The zero-order chi connectivity index (χ0) is 13.1. The molecular formula is C14H28N2O. The van der Waals surface area contributed by atoms with Gasteiger partial charge in [0.2, 0.25) is 5.91 Å². The second kappa shape index (κ2) is 5.85. The van der Waals surface area contributed by atoms with Crippen LogP contribution in [0.5, 0.6) is 0 Å². The Kier molecular flexibility index (Phi) is 4.99. The quantitative estimate of drug-likeness (QED) is 0.820. The van der Waals surface area contributed by atoms with Gasteiger partial charge in [0.1, 0.15) is 0 Å². The Labute approximate surface area is 106 Å². The van der Waals surface area contributed by atoms with Gasteiger partial charge in [-0.15, -0.1) is 0 Å². The molecule has 0 aromatic heterocycles. The maximum absolute atomic E-state index is 12.4. The van der Waals surface area contributed by atoms with Crippen LogP contribution in [0.25, 0.3) is 0 Å². The van der Waals surface area contributed by atoms with Crippen molar-refractivity contribution in [1.82, 2.24) is 4.90 Å². The Balaban J connectivity index is 2.58. The summed E-state index contributed by atoms with van der Waals surface area (Å²) in [5, 5.41) is 0. The van der Waals surface area contributed by atoms with Crippen LogP contribution in [-0.2, 0) is 4.79 Å². The summed E-state index contributed by atoms with van der Waals surface area (Å²) in [6.45, 7) is 6.96. The number of nitrogens with zero attached hydrogens (tertiary/aromatic N) is 1. The molecule has 1 atom stereocenters. The van der Waals surface area contributed by atoms with E-state index in [-0.39, 0.29) is 17.2 Å². The van der Waals surface area contributed by atoms with Crippen molar-refractivity contribution in [3.63, 3.8) is 0 Å². The van der Waals surface area contributed by atoms with Crippen LogP contribution in [0.3, 0.4) is 0 Å². The first-order chi connectivity index (χ1) is 7.85. The molecule has 3 heteroatoms. The van der Waals surface area contributed by atoms with Gasteiger partial charge in [-0.3, -0.25) is 4.79 Å². The molecule has 0 bridgehead atoms. The molecule has 0 heterocycles. The van der Waals surface area contributed by atoms with Gasteiger partial charge in [0.05, 0.1) is 5.92 Å². The second-order valence-corrected chi connectivity index (χ2v) is 6.58. The van der Waals surface area contributed by atoms with Gasteiger partial charge in [-0.25, -0.2) is 0 Å². The van der Waals surface area contributed by atoms with E-state index in [0.717, 1.165) is 19.3 Å². The average molecular weight is 240 g/mol. The first-order valence-electron chi connectivity index (χ1n) is 6.82. The summed E-state index contributed by atoms with van der Waals surface area (Å²) in [7, 11) is 1.95. The van der Waals surface area contributed by atoms with Gasteiger partial charge in [0.25, 0.3) is 0 Å². The van der Waals surface area contributed by atoms with Crippen LogP contribution in [0.1, 0.15) is 52.9 Å². The molecule has 17 heavy (non-hydrogen) atoms. The van der Waals surface area contributed by atoms with E-state index in [4.69, 9.17) is 5.73 Å². The van der Waals surface area contributed by atoms with E-state index < -0.39 is 0 Å². The van der Waals surface area contributed by atoms with Crippen LogP contribution in [0.15, 0.2) is 0 Å². The van der Waals surface area contributed by atoms with Crippen LogP contribution in [0.2, 0.25) is 0 Å². The molecule has 2 N–H and O–H groups in total. The fourth-order valence-corrected chi connectivity index (χ4v) is 2.77. The van der Waals surface area contributed by atoms with Crippen LogP contribution >= 0.6 is 0 Å². The van der Waals surface area contributed by atoms with E-state index in [9.17, 15) is 4.79 Å². The van der Waals surface area contributed by atoms with E-state index in [2.05, 4.69) is 20.8 Å². The average Bonchev–Trinajstić information content (AvgIpc) is 2.75. The van der Waals surface area contributed by atoms with Gasteiger partial charge >= 0.3 is 0 Å². The van der Waals surface area contributed by atoms with Crippen molar-refractivity contribution in [3.8, 4) is 0 Å². The van der Waals surface area contributed by atoms with Gasteiger partial charge in [-0.1, -0.05) is 33.6 Å². The summed E-state index contributed by atoms with van der Waals surface area (Å²) >= 11 is 0. The Bertz CT molecular complexity index is 251. The summed E-state index contributed by atoms with van der Waals surface area (Å²) in [4.78, 5) is 14.3. The van der Waals surface area contributed by atoms with E-state index in [1.54, 1.807) is 0 Å². The normalized spacial score (nSPS) is 19.4. The van der Waals surface area contributed by atoms with Gasteiger partial charge in [0.15, 0.2) is 0 Å². The Morgan fingerprint density at radius 2 is 1.88 bits per heavy atom. The number of nitrogens with two attached hydrogens (primary N) is 1. The smallest absolute Gasteiger partial charge is 0.226 e. The molecule has 0 spiro atoms. The molecule has 0 aliphatic heterocycles. The molecule has 1 amide bonds. The SMILES string of the molecule is CN(C(=O)C(CN)CC(C)(C)C)C1CCCC1. The summed E-state index contributed by atoms with van der Waals surface area (Å²) < 4.78 is 0. The zero-order valence-electron chi connectivity index (χ0n) is 11.8. The summed E-state index contributed by atoms with van der Waals surface area (Å²) in [5.74, 6) is 0.231.